The zero-order chi connectivity index (χ0) is 13.9. The molecular weight excluding hydrogens is 247 g/mol. The molecule has 0 aliphatic heterocycles. The van der Waals surface area contributed by atoms with Crippen molar-refractivity contribution in [1.82, 2.24) is 0 Å². The number of hydrogen-bond donors (Lipinski definition) is 0. The van der Waals surface area contributed by atoms with E-state index in [-0.39, 0.29) is 0 Å². The third-order valence-corrected chi connectivity index (χ3v) is 2.53. The number of nitrogens with zero attached hydrogens (tertiary/aromatic N) is 1. The van der Waals surface area contributed by atoms with E-state index in [4.69, 9.17) is 9.47 Å². The SMILES string of the molecule is COc1cc(C)c(N(C)CC(F)(F)F)cc1OC. The molecule has 0 aliphatic carbocycles. The molecule has 1 aromatic rings. The van der Waals surface area contributed by atoms with Crippen LogP contribution in [-0.2, 0) is 0 Å². The topological polar surface area (TPSA) is 21.7 Å². The lowest BCUT2D eigenvalue weighted by atomic mass is 10.1. The Balaban J connectivity index is 3.09. The van der Waals surface area contributed by atoms with Gasteiger partial charge in [0.05, 0.1) is 14.2 Å². The van der Waals surface area contributed by atoms with Gasteiger partial charge in [0, 0.05) is 18.8 Å². The predicted molar refractivity (Wildman–Crippen MR) is 63.6 cm³/mol. The first kappa shape index (κ1) is 14.5. The fourth-order valence-electron chi connectivity index (χ4n) is 1.74. The van der Waals surface area contributed by atoms with Gasteiger partial charge in [-0.15, -0.1) is 0 Å². The van der Waals surface area contributed by atoms with Crippen LogP contribution in [0.15, 0.2) is 12.1 Å². The van der Waals surface area contributed by atoms with Crippen molar-refractivity contribution in [3.05, 3.63) is 17.7 Å². The third kappa shape index (κ3) is 3.45. The van der Waals surface area contributed by atoms with Crippen LogP contribution in [0.3, 0.4) is 0 Å². The Kier molecular flexibility index (Phi) is 4.32. The first-order valence-electron chi connectivity index (χ1n) is 5.29. The highest BCUT2D eigenvalue weighted by Gasteiger charge is 2.30. The number of halogens is 3. The van der Waals surface area contributed by atoms with Crippen LogP contribution in [0.4, 0.5) is 18.9 Å². The number of aryl methyl sites for hydroxylation is 1. The van der Waals surface area contributed by atoms with Crippen LogP contribution < -0.4 is 14.4 Å². The van der Waals surface area contributed by atoms with Crippen LogP contribution in [-0.4, -0.2) is 34.0 Å². The molecule has 0 amide bonds. The van der Waals surface area contributed by atoms with E-state index in [0.29, 0.717) is 22.7 Å². The fourth-order valence-corrected chi connectivity index (χ4v) is 1.74. The van der Waals surface area contributed by atoms with Gasteiger partial charge >= 0.3 is 6.18 Å². The van der Waals surface area contributed by atoms with Crippen molar-refractivity contribution in [2.75, 3.05) is 32.7 Å². The maximum absolute atomic E-state index is 12.4. The summed E-state index contributed by atoms with van der Waals surface area (Å²) in [5.41, 5.74) is 1.16. The third-order valence-electron chi connectivity index (χ3n) is 2.53. The lowest BCUT2D eigenvalue weighted by molar-refractivity contribution is -0.119. The monoisotopic (exact) mass is 263 g/mol. The van der Waals surface area contributed by atoms with Gasteiger partial charge in [0.25, 0.3) is 0 Å². The lowest BCUT2D eigenvalue weighted by Gasteiger charge is -2.24. The molecule has 18 heavy (non-hydrogen) atoms. The average Bonchev–Trinajstić information content (AvgIpc) is 2.26. The van der Waals surface area contributed by atoms with Crippen LogP contribution in [0.1, 0.15) is 5.56 Å². The molecule has 0 fully saturated rings. The number of hydrogen-bond acceptors (Lipinski definition) is 3. The highest BCUT2D eigenvalue weighted by Crippen LogP contribution is 2.35. The maximum Gasteiger partial charge on any atom is 0.405 e. The first-order chi connectivity index (χ1) is 8.28. The van der Waals surface area contributed by atoms with Crippen molar-refractivity contribution in [3.8, 4) is 11.5 Å². The van der Waals surface area contributed by atoms with Gasteiger partial charge in [-0.05, 0) is 18.6 Å². The van der Waals surface area contributed by atoms with Gasteiger partial charge in [-0.2, -0.15) is 13.2 Å². The molecule has 6 heteroatoms. The summed E-state index contributed by atoms with van der Waals surface area (Å²) in [5.74, 6) is 0.909. The predicted octanol–water partition coefficient (Wildman–Crippen LogP) is 3.01. The van der Waals surface area contributed by atoms with E-state index in [2.05, 4.69) is 0 Å². The number of ether oxygens (including phenoxy) is 2. The first-order valence-corrected chi connectivity index (χ1v) is 5.29. The molecule has 0 unspecified atom stereocenters. The quantitative estimate of drug-likeness (QED) is 0.833. The molecular formula is C12H16F3NO2. The van der Waals surface area contributed by atoms with Crippen molar-refractivity contribution >= 4 is 5.69 Å². The highest BCUT2D eigenvalue weighted by atomic mass is 19.4. The van der Waals surface area contributed by atoms with Gasteiger partial charge in [0.15, 0.2) is 11.5 Å². The number of anilines is 1. The molecule has 0 saturated heterocycles. The molecule has 0 N–H and O–H groups in total. The van der Waals surface area contributed by atoms with Crippen molar-refractivity contribution in [3.63, 3.8) is 0 Å². The molecule has 1 rings (SSSR count). The molecule has 0 bridgehead atoms. The van der Waals surface area contributed by atoms with Crippen LogP contribution in [0.25, 0.3) is 0 Å². The summed E-state index contributed by atoms with van der Waals surface area (Å²) < 4.78 is 47.2. The number of rotatable bonds is 4. The van der Waals surface area contributed by atoms with E-state index in [1.165, 1.54) is 21.3 Å². The van der Waals surface area contributed by atoms with E-state index in [1.54, 1.807) is 19.1 Å². The van der Waals surface area contributed by atoms with Gasteiger partial charge in [0.1, 0.15) is 6.54 Å². The van der Waals surface area contributed by atoms with Crippen molar-refractivity contribution in [2.45, 2.75) is 13.1 Å². The molecule has 0 aliphatic rings. The minimum atomic E-state index is -4.24. The van der Waals surface area contributed by atoms with E-state index in [1.807, 2.05) is 0 Å². The Morgan fingerprint density at radius 3 is 2.06 bits per heavy atom. The Morgan fingerprint density at radius 1 is 1.11 bits per heavy atom. The van der Waals surface area contributed by atoms with Crippen LogP contribution in [0.2, 0.25) is 0 Å². The molecule has 0 aromatic heterocycles. The van der Waals surface area contributed by atoms with E-state index >= 15 is 0 Å². The highest BCUT2D eigenvalue weighted by molar-refractivity contribution is 5.61. The average molecular weight is 263 g/mol. The smallest absolute Gasteiger partial charge is 0.405 e. The second-order valence-corrected chi connectivity index (χ2v) is 3.96. The van der Waals surface area contributed by atoms with Crippen LogP contribution in [0.5, 0.6) is 11.5 Å². The number of benzene rings is 1. The summed E-state index contributed by atoms with van der Waals surface area (Å²) in [6.45, 7) is 0.716. The van der Waals surface area contributed by atoms with Crippen molar-refractivity contribution in [1.29, 1.82) is 0 Å². The Bertz CT molecular complexity index is 419. The normalized spacial score (nSPS) is 11.3. The second-order valence-electron chi connectivity index (χ2n) is 3.96. The van der Waals surface area contributed by atoms with Gasteiger partial charge in [-0.1, -0.05) is 0 Å². The van der Waals surface area contributed by atoms with Gasteiger partial charge in [0.2, 0.25) is 0 Å². The van der Waals surface area contributed by atoms with Crippen molar-refractivity contribution < 1.29 is 22.6 Å². The summed E-state index contributed by atoms with van der Waals surface area (Å²) >= 11 is 0. The summed E-state index contributed by atoms with van der Waals surface area (Å²) in [7, 11) is 4.32. The van der Waals surface area contributed by atoms with E-state index in [9.17, 15) is 13.2 Å². The molecule has 0 saturated carbocycles. The van der Waals surface area contributed by atoms with Crippen molar-refractivity contribution in [2.24, 2.45) is 0 Å². The summed E-state index contributed by atoms with van der Waals surface area (Å²) in [6, 6.07) is 3.20. The van der Waals surface area contributed by atoms with E-state index < -0.39 is 12.7 Å². The summed E-state index contributed by atoms with van der Waals surface area (Å²) in [5, 5.41) is 0. The lowest BCUT2D eigenvalue weighted by Crippen LogP contribution is -2.31. The van der Waals surface area contributed by atoms with E-state index in [0.717, 1.165) is 4.90 Å². The second kappa shape index (κ2) is 5.37. The summed E-state index contributed by atoms with van der Waals surface area (Å²) in [4.78, 5) is 1.14. The maximum atomic E-state index is 12.4. The number of alkyl halides is 3. The molecule has 0 spiro atoms. The molecule has 102 valence electrons. The van der Waals surface area contributed by atoms with Crippen LogP contribution in [0, 0.1) is 6.92 Å². The Labute approximate surface area is 104 Å². The van der Waals surface area contributed by atoms with Gasteiger partial charge in [-0.3, -0.25) is 0 Å². The molecule has 0 radical (unpaired) electrons. The Morgan fingerprint density at radius 2 is 1.61 bits per heavy atom. The summed E-state index contributed by atoms with van der Waals surface area (Å²) in [6.07, 6.45) is -4.24. The molecule has 1 aromatic carbocycles. The largest absolute Gasteiger partial charge is 0.493 e. The van der Waals surface area contributed by atoms with Gasteiger partial charge < -0.3 is 14.4 Å². The minimum absolute atomic E-state index is 0.409. The standard InChI is InChI=1S/C12H16F3NO2/c1-8-5-10(17-3)11(18-4)6-9(8)16(2)7-12(13,14)15/h5-6H,7H2,1-4H3. The zero-order valence-corrected chi connectivity index (χ0v) is 10.8. The zero-order valence-electron chi connectivity index (χ0n) is 10.8. The van der Waals surface area contributed by atoms with Gasteiger partial charge in [-0.25, -0.2) is 0 Å². The minimum Gasteiger partial charge on any atom is -0.493 e. The molecule has 0 atom stereocenters. The Hall–Kier alpha value is -1.59. The van der Waals surface area contributed by atoms with Crippen LogP contribution >= 0.6 is 0 Å². The molecule has 3 nitrogen and oxygen atoms in total. The molecule has 0 heterocycles. The fraction of sp³-hybridized carbons (Fsp3) is 0.500. The number of methoxy groups -OCH3 is 2.